The lowest BCUT2D eigenvalue weighted by molar-refractivity contribution is 0.103. The number of hydrogen-bond donors (Lipinski definition) is 0. The summed E-state index contributed by atoms with van der Waals surface area (Å²) in [7, 11) is 0. The minimum atomic E-state index is 0.0200. The molecule has 3 aromatic rings. The molecule has 0 fully saturated rings. The maximum Gasteiger partial charge on any atom is 0.193 e. The van der Waals surface area contributed by atoms with E-state index in [0.717, 1.165) is 11.1 Å². The molecule has 3 rings (SSSR count). The Morgan fingerprint density at radius 2 is 1.12 bits per heavy atom. The van der Waals surface area contributed by atoms with Gasteiger partial charge >= 0.3 is 0 Å². The summed E-state index contributed by atoms with van der Waals surface area (Å²) >= 11 is 0. The number of hydrogen-bond acceptors (Lipinski definition) is 1. The number of ketones is 1. The first kappa shape index (κ1) is 15.7. The van der Waals surface area contributed by atoms with Gasteiger partial charge in [-0.25, -0.2) is 0 Å². The summed E-state index contributed by atoms with van der Waals surface area (Å²) in [4.78, 5) is 12.9. The predicted molar refractivity (Wildman–Crippen MR) is 101 cm³/mol. The molecule has 116 valence electrons. The molecule has 0 spiro atoms. The Morgan fingerprint density at radius 3 is 1.71 bits per heavy atom. The summed E-state index contributed by atoms with van der Waals surface area (Å²) < 4.78 is 0. The maximum absolute atomic E-state index is 12.9. The van der Waals surface area contributed by atoms with Gasteiger partial charge in [-0.15, -0.1) is 0 Å². The van der Waals surface area contributed by atoms with Crippen LogP contribution >= 0.6 is 0 Å². The number of carbonyl (C=O) groups excluding carboxylic acids is 1. The summed E-state index contributed by atoms with van der Waals surface area (Å²) in [6.45, 7) is 0. The van der Waals surface area contributed by atoms with E-state index < -0.39 is 0 Å². The summed E-state index contributed by atoms with van der Waals surface area (Å²) in [5, 5.41) is 0. The van der Waals surface area contributed by atoms with E-state index >= 15 is 0 Å². The minimum Gasteiger partial charge on any atom is -0.289 e. The van der Waals surface area contributed by atoms with Gasteiger partial charge in [0.15, 0.2) is 5.78 Å². The van der Waals surface area contributed by atoms with Crippen molar-refractivity contribution in [3.63, 3.8) is 0 Å². The van der Waals surface area contributed by atoms with E-state index in [4.69, 9.17) is 0 Å². The summed E-state index contributed by atoms with van der Waals surface area (Å²) in [5.41, 5.74) is 3.43. The third kappa shape index (κ3) is 4.17. The molecule has 0 amide bonds. The zero-order chi connectivity index (χ0) is 16.6. The van der Waals surface area contributed by atoms with Crippen LogP contribution in [-0.4, -0.2) is 5.78 Å². The molecular formula is C23H18O. The highest BCUT2D eigenvalue weighted by Gasteiger charge is 2.09. The topological polar surface area (TPSA) is 17.1 Å². The number of allylic oxidation sites excluding steroid dienone is 2. The Bertz CT molecular complexity index is 844. The van der Waals surface area contributed by atoms with E-state index in [1.807, 2.05) is 109 Å². The monoisotopic (exact) mass is 310 g/mol. The van der Waals surface area contributed by atoms with Crippen LogP contribution < -0.4 is 0 Å². The third-order valence-corrected chi connectivity index (χ3v) is 3.67. The highest BCUT2D eigenvalue weighted by molar-refractivity contribution is 6.13. The Balaban J connectivity index is 1.96. The van der Waals surface area contributed by atoms with Crippen molar-refractivity contribution < 1.29 is 4.79 Å². The normalized spacial score (nSPS) is 11.6. The number of Topliss-reactive ketones (excluding diaryl/α,β-unsaturated/α-hetero) is 1. The molecule has 0 aliphatic rings. The fourth-order valence-electron chi connectivity index (χ4n) is 2.42. The Morgan fingerprint density at radius 1 is 0.625 bits per heavy atom. The van der Waals surface area contributed by atoms with Gasteiger partial charge in [-0.3, -0.25) is 4.79 Å². The molecule has 1 heteroatoms. The van der Waals surface area contributed by atoms with Gasteiger partial charge in [0.05, 0.1) is 0 Å². The van der Waals surface area contributed by atoms with Crippen LogP contribution in [0.3, 0.4) is 0 Å². The van der Waals surface area contributed by atoms with Gasteiger partial charge in [-0.05, 0) is 17.2 Å². The van der Waals surface area contributed by atoms with Crippen molar-refractivity contribution in [2.45, 2.75) is 0 Å². The second-order valence-corrected chi connectivity index (χ2v) is 5.45. The van der Waals surface area contributed by atoms with Crippen LogP contribution in [0.2, 0.25) is 0 Å². The van der Waals surface area contributed by atoms with Crippen LogP contribution in [-0.2, 0) is 0 Å². The Kier molecular flexibility index (Phi) is 5.16. The lowest BCUT2D eigenvalue weighted by Crippen LogP contribution is -2.01. The van der Waals surface area contributed by atoms with Crippen molar-refractivity contribution in [2.75, 3.05) is 0 Å². The van der Waals surface area contributed by atoms with Crippen molar-refractivity contribution in [1.29, 1.82) is 0 Å². The smallest absolute Gasteiger partial charge is 0.193 e. The van der Waals surface area contributed by atoms with Crippen LogP contribution in [0.4, 0.5) is 0 Å². The van der Waals surface area contributed by atoms with Crippen molar-refractivity contribution >= 4 is 17.9 Å². The van der Waals surface area contributed by atoms with Crippen LogP contribution in [0.1, 0.15) is 21.5 Å². The van der Waals surface area contributed by atoms with Crippen molar-refractivity contribution in [2.24, 2.45) is 0 Å². The highest BCUT2D eigenvalue weighted by atomic mass is 16.1. The van der Waals surface area contributed by atoms with Crippen LogP contribution in [0, 0.1) is 0 Å². The molecule has 3 aromatic carbocycles. The number of carbonyl (C=O) groups is 1. The molecule has 0 aliphatic carbocycles. The molecule has 0 unspecified atom stereocenters. The fourth-order valence-corrected chi connectivity index (χ4v) is 2.42. The van der Waals surface area contributed by atoms with Gasteiger partial charge in [-0.2, -0.15) is 0 Å². The van der Waals surface area contributed by atoms with Gasteiger partial charge < -0.3 is 0 Å². The Hall–Kier alpha value is -3.19. The SMILES string of the molecule is O=C(C(=Cc1ccccc1)/C=C/c1ccccc1)c1ccccc1. The molecule has 0 bridgehead atoms. The molecule has 0 aromatic heterocycles. The standard InChI is InChI=1S/C23H18O/c24-23(21-14-8-3-9-15-21)22(18-20-12-6-2-7-13-20)17-16-19-10-4-1-5-11-19/h1-18H/b17-16+,22-18?. The average molecular weight is 310 g/mol. The molecule has 0 atom stereocenters. The second-order valence-electron chi connectivity index (χ2n) is 5.45. The van der Waals surface area contributed by atoms with Gasteiger partial charge in [0, 0.05) is 11.1 Å². The summed E-state index contributed by atoms with van der Waals surface area (Å²) in [6, 6.07) is 29.3. The first-order valence-corrected chi connectivity index (χ1v) is 7.92. The van der Waals surface area contributed by atoms with Gasteiger partial charge in [0.1, 0.15) is 0 Å². The molecule has 0 saturated carbocycles. The third-order valence-electron chi connectivity index (χ3n) is 3.67. The van der Waals surface area contributed by atoms with Crippen LogP contribution in [0.25, 0.3) is 12.2 Å². The summed E-state index contributed by atoms with van der Waals surface area (Å²) in [5.74, 6) is 0.0200. The summed E-state index contributed by atoms with van der Waals surface area (Å²) in [6.07, 6.45) is 5.78. The highest BCUT2D eigenvalue weighted by Crippen LogP contribution is 2.16. The van der Waals surface area contributed by atoms with Gasteiger partial charge in [-0.1, -0.05) is 103 Å². The first-order valence-electron chi connectivity index (χ1n) is 7.92. The molecule has 0 aliphatic heterocycles. The van der Waals surface area contributed by atoms with E-state index in [2.05, 4.69) is 0 Å². The van der Waals surface area contributed by atoms with E-state index in [9.17, 15) is 4.79 Å². The molecule has 0 heterocycles. The molecule has 0 N–H and O–H groups in total. The molecule has 1 nitrogen and oxygen atoms in total. The van der Waals surface area contributed by atoms with Crippen molar-refractivity contribution in [1.82, 2.24) is 0 Å². The second kappa shape index (κ2) is 7.89. The maximum atomic E-state index is 12.9. The average Bonchev–Trinajstić information content (AvgIpc) is 2.67. The Labute approximate surface area is 142 Å². The quantitative estimate of drug-likeness (QED) is 0.337. The zero-order valence-electron chi connectivity index (χ0n) is 13.3. The molecule has 0 radical (unpaired) electrons. The number of benzene rings is 3. The molecular weight excluding hydrogens is 292 g/mol. The lowest BCUT2D eigenvalue weighted by atomic mass is 10.00. The fraction of sp³-hybridized carbons (Fsp3) is 0. The number of rotatable bonds is 5. The predicted octanol–water partition coefficient (Wildman–Crippen LogP) is 5.67. The van der Waals surface area contributed by atoms with E-state index in [-0.39, 0.29) is 5.78 Å². The zero-order valence-corrected chi connectivity index (χ0v) is 13.3. The minimum absolute atomic E-state index is 0.0200. The van der Waals surface area contributed by atoms with E-state index in [1.165, 1.54) is 0 Å². The molecule has 0 saturated heterocycles. The first-order chi connectivity index (χ1) is 11.8. The van der Waals surface area contributed by atoms with Crippen molar-refractivity contribution in [3.8, 4) is 0 Å². The lowest BCUT2D eigenvalue weighted by Gasteiger charge is -2.03. The van der Waals surface area contributed by atoms with Gasteiger partial charge in [0.25, 0.3) is 0 Å². The van der Waals surface area contributed by atoms with E-state index in [1.54, 1.807) is 0 Å². The molecule has 24 heavy (non-hydrogen) atoms. The van der Waals surface area contributed by atoms with Crippen molar-refractivity contribution in [3.05, 3.63) is 119 Å². The van der Waals surface area contributed by atoms with E-state index in [0.29, 0.717) is 11.1 Å². The van der Waals surface area contributed by atoms with Crippen LogP contribution in [0.5, 0.6) is 0 Å². The van der Waals surface area contributed by atoms with Crippen LogP contribution in [0.15, 0.2) is 103 Å². The largest absolute Gasteiger partial charge is 0.289 e. The van der Waals surface area contributed by atoms with Gasteiger partial charge in [0.2, 0.25) is 0 Å².